The quantitative estimate of drug-likeness (QED) is 0.801. The fourth-order valence-electron chi connectivity index (χ4n) is 1.60. The first-order chi connectivity index (χ1) is 10.3. The van der Waals surface area contributed by atoms with E-state index in [1.54, 1.807) is 17.2 Å². The Labute approximate surface area is 127 Å². The third-order valence-electron chi connectivity index (χ3n) is 2.64. The highest BCUT2D eigenvalue weighted by molar-refractivity contribution is 6.30. The summed E-state index contributed by atoms with van der Waals surface area (Å²) in [5, 5.41) is 17.3. The van der Waals surface area contributed by atoms with E-state index < -0.39 is 30.0 Å². The maximum atomic E-state index is 12.3. The van der Waals surface area contributed by atoms with Gasteiger partial charge >= 0.3 is 6.18 Å². The van der Waals surface area contributed by atoms with E-state index in [0.717, 1.165) is 0 Å². The van der Waals surface area contributed by atoms with Crippen LogP contribution in [0.25, 0.3) is 0 Å². The van der Waals surface area contributed by atoms with Crippen molar-refractivity contribution in [2.24, 2.45) is 0 Å². The lowest BCUT2D eigenvalue weighted by Gasteiger charge is -2.10. The second kappa shape index (κ2) is 6.32. The Balaban J connectivity index is 1.95. The van der Waals surface area contributed by atoms with Gasteiger partial charge in [0.05, 0.1) is 12.5 Å². The second-order valence-electron chi connectivity index (χ2n) is 4.33. The molecule has 0 bridgehead atoms. The zero-order valence-electron chi connectivity index (χ0n) is 10.9. The molecule has 0 spiro atoms. The molecule has 2 rings (SSSR count). The zero-order valence-corrected chi connectivity index (χ0v) is 11.6. The van der Waals surface area contributed by atoms with Crippen molar-refractivity contribution in [3.05, 3.63) is 40.7 Å². The van der Waals surface area contributed by atoms with Crippen molar-refractivity contribution in [1.82, 2.24) is 15.2 Å². The minimum Gasteiger partial charge on any atom is -0.388 e. The fraction of sp³-hybridized carbons (Fsp3) is 0.250. The van der Waals surface area contributed by atoms with Crippen LogP contribution in [0.5, 0.6) is 0 Å². The Kier molecular flexibility index (Phi) is 4.67. The summed E-state index contributed by atoms with van der Waals surface area (Å²) >= 11 is 5.70. The maximum Gasteiger partial charge on any atom is 0.451 e. The normalized spacial score (nSPS) is 13.0. The van der Waals surface area contributed by atoms with E-state index >= 15 is 0 Å². The number of rotatable bonds is 4. The van der Waals surface area contributed by atoms with Crippen molar-refractivity contribution in [2.75, 3.05) is 5.32 Å². The van der Waals surface area contributed by atoms with E-state index in [2.05, 4.69) is 15.4 Å². The molecule has 1 unspecified atom stereocenters. The monoisotopic (exact) mass is 334 g/mol. The summed E-state index contributed by atoms with van der Waals surface area (Å²) in [4.78, 5) is 14.7. The minimum atomic E-state index is -4.68. The molecule has 1 amide bonds. The number of amides is 1. The van der Waals surface area contributed by atoms with Crippen molar-refractivity contribution in [3.8, 4) is 0 Å². The van der Waals surface area contributed by atoms with Crippen molar-refractivity contribution in [2.45, 2.75) is 18.7 Å². The van der Waals surface area contributed by atoms with Crippen LogP contribution in [-0.4, -0.2) is 26.2 Å². The smallest absolute Gasteiger partial charge is 0.388 e. The highest BCUT2D eigenvalue weighted by Gasteiger charge is 2.35. The van der Waals surface area contributed by atoms with Gasteiger partial charge in [-0.1, -0.05) is 23.7 Å². The summed E-state index contributed by atoms with van der Waals surface area (Å²) < 4.78 is 36.9. The van der Waals surface area contributed by atoms with E-state index in [-0.39, 0.29) is 6.42 Å². The van der Waals surface area contributed by atoms with Crippen LogP contribution in [0.1, 0.15) is 23.9 Å². The van der Waals surface area contributed by atoms with Gasteiger partial charge in [-0.2, -0.15) is 18.2 Å². The summed E-state index contributed by atoms with van der Waals surface area (Å²) in [6.07, 6.45) is -6.17. The summed E-state index contributed by atoms with van der Waals surface area (Å²) in [6, 6.07) is 6.16. The number of aliphatic hydroxyl groups is 1. The molecule has 22 heavy (non-hydrogen) atoms. The number of carbonyl (C=O) groups is 1. The molecule has 0 aliphatic carbocycles. The molecule has 2 aromatic rings. The largest absolute Gasteiger partial charge is 0.451 e. The van der Waals surface area contributed by atoms with Gasteiger partial charge in [0.15, 0.2) is 0 Å². The first-order valence-corrected chi connectivity index (χ1v) is 6.36. The number of hydrogen-bond donors (Lipinski definition) is 3. The van der Waals surface area contributed by atoms with Crippen molar-refractivity contribution in [1.29, 1.82) is 0 Å². The number of halogens is 4. The van der Waals surface area contributed by atoms with E-state index in [1.807, 2.05) is 0 Å². The molecule has 0 radical (unpaired) electrons. The number of H-pyrrole nitrogens is 1. The summed E-state index contributed by atoms with van der Waals surface area (Å²) in [6.45, 7) is 0. The van der Waals surface area contributed by atoms with Crippen LogP contribution in [0.2, 0.25) is 5.02 Å². The fourth-order valence-corrected chi connectivity index (χ4v) is 1.72. The van der Waals surface area contributed by atoms with E-state index in [1.165, 1.54) is 12.1 Å². The Morgan fingerprint density at radius 3 is 2.55 bits per heavy atom. The average Bonchev–Trinajstić information content (AvgIpc) is 2.87. The number of aromatic amines is 1. The van der Waals surface area contributed by atoms with Gasteiger partial charge in [-0.3, -0.25) is 15.2 Å². The van der Waals surface area contributed by atoms with Crippen LogP contribution in [0.3, 0.4) is 0 Å². The molecule has 1 atom stereocenters. The van der Waals surface area contributed by atoms with Gasteiger partial charge < -0.3 is 5.11 Å². The van der Waals surface area contributed by atoms with Gasteiger partial charge in [0, 0.05) is 5.02 Å². The van der Waals surface area contributed by atoms with Gasteiger partial charge in [-0.15, -0.1) is 5.10 Å². The first-order valence-electron chi connectivity index (χ1n) is 5.98. The van der Waals surface area contributed by atoms with Crippen LogP contribution in [0.4, 0.5) is 19.1 Å². The summed E-state index contributed by atoms with van der Waals surface area (Å²) in [5.41, 5.74) is 0.450. The molecular formula is C12H10ClF3N4O2. The number of aromatic nitrogens is 3. The highest BCUT2D eigenvalue weighted by Crippen LogP contribution is 2.26. The SMILES string of the molecule is O=C(CC(O)c1ccc(Cl)cc1)Nc1n[nH]c(C(F)(F)F)n1. The lowest BCUT2D eigenvalue weighted by atomic mass is 10.1. The molecule has 0 fully saturated rings. The van der Waals surface area contributed by atoms with Crippen molar-refractivity contribution >= 4 is 23.5 Å². The molecule has 10 heteroatoms. The van der Waals surface area contributed by atoms with Crippen molar-refractivity contribution < 1.29 is 23.1 Å². The Hall–Kier alpha value is -2.13. The van der Waals surface area contributed by atoms with E-state index in [9.17, 15) is 23.1 Å². The number of hydrogen-bond acceptors (Lipinski definition) is 4. The molecule has 0 saturated heterocycles. The topological polar surface area (TPSA) is 90.9 Å². The molecule has 3 N–H and O–H groups in total. The molecule has 1 heterocycles. The van der Waals surface area contributed by atoms with Crippen LogP contribution in [-0.2, 0) is 11.0 Å². The standard InChI is InChI=1S/C12H10ClF3N4O2/c13-7-3-1-6(2-4-7)8(21)5-9(22)17-11-18-10(19-20-11)12(14,15)16/h1-4,8,21H,5H2,(H2,17,18,19,20,22). The number of carbonyl (C=O) groups excluding carboxylic acids is 1. The number of alkyl halides is 3. The summed E-state index contributed by atoms with van der Waals surface area (Å²) in [7, 11) is 0. The first kappa shape index (κ1) is 16.2. The summed E-state index contributed by atoms with van der Waals surface area (Å²) in [5.74, 6) is -2.56. The second-order valence-corrected chi connectivity index (χ2v) is 4.76. The zero-order chi connectivity index (χ0) is 16.3. The molecule has 118 valence electrons. The molecule has 1 aromatic carbocycles. The lowest BCUT2D eigenvalue weighted by Crippen LogP contribution is -2.16. The van der Waals surface area contributed by atoms with Crippen LogP contribution < -0.4 is 5.32 Å². The Bertz CT molecular complexity index is 657. The Morgan fingerprint density at radius 2 is 2.00 bits per heavy atom. The average molecular weight is 335 g/mol. The van der Waals surface area contributed by atoms with Crippen LogP contribution in [0, 0.1) is 0 Å². The van der Waals surface area contributed by atoms with E-state index in [0.29, 0.717) is 10.6 Å². The maximum absolute atomic E-state index is 12.3. The van der Waals surface area contributed by atoms with E-state index in [4.69, 9.17) is 11.6 Å². The number of nitrogens with zero attached hydrogens (tertiary/aromatic N) is 2. The van der Waals surface area contributed by atoms with Crippen molar-refractivity contribution in [3.63, 3.8) is 0 Å². The lowest BCUT2D eigenvalue weighted by molar-refractivity contribution is -0.144. The molecule has 1 aromatic heterocycles. The van der Waals surface area contributed by atoms with Crippen LogP contribution >= 0.6 is 11.6 Å². The minimum absolute atomic E-state index is 0.364. The third-order valence-corrected chi connectivity index (χ3v) is 2.89. The van der Waals surface area contributed by atoms with Crippen LogP contribution in [0.15, 0.2) is 24.3 Å². The molecule has 0 aliphatic heterocycles. The predicted octanol–water partition coefficient (Wildman–Crippen LogP) is 2.54. The van der Waals surface area contributed by atoms with Gasteiger partial charge in [-0.05, 0) is 17.7 Å². The predicted molar refractivity (Wildman–Crippen MR) is 71.0 cm³/mol. The highest BCUT2D eigenvalue weighted by atomic mass is 35.5. The van der Waals surface area contributed by atoms with Gasteiger partial charge in [0.1, 0.15) is 0 Å². The Morgan fingerprint density at radius 1 is 1.36 bits per heavy atom. The molecule has 6 nitrogen and oxygen atoms in total. The molecule has 0 saturated carbocycles. The van der Waals surface area contributed by atoms with Gasteiger partial charge in [-0.25, -0.2) is 0 Å². The number of aliphatic hydroxyl groups excluding tert-OH is 1. The number of benzene rings is 1. The number of nitrogens with one attached hydrogen (secondary N) is 2. The molecular weight excluding hydrogens is 325 g/mol. The van der Waals surface area contributed by atoms with Gasteiger partial charge in [0.2, 0.25) is 17.7 Å². The third kappa shape index (κ3) is 4.18. The van der Waals surface area contributed by atoms with Gasteiger partial charge in [0.25, 0.3) is 0 Å². The number of anilines is 1. The molecule has 0 aliphatic rings.